The molecule has 40 valence electrons. The Hall–Kier alpha value is -0.790. The van der Waals surface area contributed by atoms with Crippen molar-refractivity contribution in [2.75, 3.05) is 6.54 Å². The predicted octanol–water partition coefficient (Wildman–Crippen LogP) is 1.40. The minimum atomic E-state index is -4.37. The van der Waals surface area contributed by atoms with Crippen LogP contribution in [-0.4, -0.2) is 12.7 Å². The van der Waals surface area contributed by atoms with Crippen molar-refractivity contribution < 1.29 is 13.2 Å². The summed E-state index contributed by atoms with van der Waals surface area (Å²) in [5, 5.41) is 7.31. The fourth-order valence-corrected chi connectivity index (χ4v) is 0.0802. The lowest BCUT2D eigenvalue weighted by atomic mass is 10.7. The van der Waals surface area contributed by atoms with Crippen molar-refractivity contribution in [2.45, 2.75) is 6.18 Å². The third-order valence-corrected chi connectivity index (χ3v) is 0.250. The smallest absolute Gasteiger partial charge is 0.163 e. The topological polar surface area (TPSA) is 28.1 Å². The van der Waals surface area contributed by atoms with E-state index in [-0.39, 0.29) is 0 Å². The van der Waals surface area contributed by atoms with Gasteiger partial charge in [0.15, 0.2) is 0 Å². The minimum absolute atomic E-state index is 1.48. The SMILES string of the molecule is N#[N+]CC(F)(F)F. The number of alkyl halides is 3. The van der Waals surface area contributed by atoms with Crippen LogP contribution in [0, 0.1) is 5.39 Å². The van der Waals surface area contributed by atoms with Gasteiger partial charge in [0.2, 0.25) is 5.39 Å². The lowest BCUT2D eigenvalue weighted by Gasteiger charge is -1.87. The number of nitrogens with zero attached hydrogens (tertiary/aromatic N) is 2. The molecule has 0 aromatic heterocycles. The highest BCUT2D eigenvalue weighted by Gasteiger charge is 2.35. The van der Waals surface area contributed by atoms with Crippen LogP contribution in [0.1, 0.15) is 0 Å². The van der Waals surface area contributed by atoms with E-state index < -0.39 is 12.7 Å². The van der Waals surface area contributed by atoms with Gasteiger partial charge in [-0.2, -0.15) is 13.2 Å². The molecule has 0 amide bonds. The van der Waals surface area contributed by atoms with Crippen molar-refractivity contribution in [1.82, 2.24) is 0 Å². The number of hydrogen-bond donors (Lipinski definition) is 0. The summed E-state index contributed by atoms with van der Waals surface area (Å²) in [5.74, 6) is 0. The Balaban J connectivity index is 3.40. The first kappa shape index (κ1) is 6.21. The summed E-state index contributed by atoms with van der Waals surface area (Å²) in [6.45, 7) is -1.48. The fourth-order valence-electron chi connectivity index (χ4n) is 0.0802. The molecule has 0 aliphatic rings. The molecular weight excluding hydrogens is 109 g/mol. The molecule has 0 atom stereocenters. The van der Waals surface area contributed by atoms with Crippen molar-refractivity contribution in [3.63, 3.8) is 0 Å². The largest absolute Gasteiger partial charge is 0.471 e. The molecule has 0 aromatic carbocycles. The van der Waals surface area contributed by atoms with Gasteiger partial charge in [-0.15, -0.1) is 0 Å². The molecule has 0 unspecified atom stereocenters. The van der Waals surface area contributed by atoms with Gasteiger partial charge < -0.3 is 0 Å². The molecular formula is C2H2F3N2+. The van der Waals surface area contributed by atoms with Gasteiger partial charge in [-0.25, -0.2) is 0 Å². The van der Waals surface area contributed by atoms with Gasteiger partial charge >= 0.3 is 12.7 Å². The van der Waals surface area contributed by atoms with Crippen LogP contribution < -0.4 is 0 Å². The van der Waals surface area contributed by atoms with E-state index in [1.165, 1.54) is 0 Å². The average Bonchev–Trinajstić information content (AvgIpc) is 1.30. The van der Waals surface area contributed by atoms with Crippen LogP contribution in [0.5, 0.6) is 0 Å². The zero-order chi connectivity index (χ0) is 5.91. The highest BCUT2D eigenvalue weighted by atomic mass is 19.4. The molecule has 0 heterocycles. The van der Waals surface area contributed by atoms with Crippen molar-refractivity contribution in [3.05, 3.63) is 4.98 Å². The van der Waals surface area contributed by atoms with Crippen molar-refractivity contribution in [3.8, 4) is 0 Å². The third kappa shape index (κ3) is 5.21. The Kier molecular flexibility index (Phi) is 1.58. The number of halogens is 3. The highest BCUT2D eigenvalue weighted by molar-refractivity contribution is 4.61. The molecule has 0 saturated carbocycles. The fraction of sp³-hybridized carbons (Fsp3) is 1.00. The van der Waals surface area contributed by atoms with E-state index in [2.05, 4.69) is 0 Å². The summed E-state index contributed by atoms with van der Waals surface area (Å²) >= 11 is 0. The molecule has 7 heavy (non-hydrogen) atoms. The molecule has 0 radical (unpaired) electrons. The molecule has 0 saturated heterocycles. The second-order valence-electron chi connectivity index (χ2n) is 0.915. The van der Waals surface area contributed by atoms with Crippen LogP contribution >= 0.6 is 0 Å². The monoisotopic (exact) mass is 111 g/mol. The Morgan fingerprint density at radius 2 is 1.86 bits per heavy atom. The van der Waals surface area contributed by atoms with Crippen LogP contribution in [0.2, 0.25) is 0 Å². The molecule has 0 fully saturated rings. The number of diazo groups is 1. The summed E-state index contributed by atoms with van der Waals surface area (Å²) in [6.07, 6.45) is -4.37. The lowest BCUT2D eigenvalue weighted by molar-refractivity contribution is -0.112. The van der Waals surface area contributed by atoms with Crippen LogP contribution in [-0.2, 0) is 0 Å². The number of rotatable bonds is 0. The Labute approximate surface area is 37.6 Å². The van der Waals surface area contributed by atoms with Gasteiger partial charge in [-0.3, -0.25) is 0 Å². The quantitative estimate of drug-likeness (QED) is 0.434. The number of hydrogen-bond acceptors (Lipinski definition) is 1. The Morgan fingerprint density at radius 1 is 1.43 bits per heavy atom. The average molecular weight is 111 g/mol. The summed E-state index contributed by atoms with van der Waals surface area (Å²) in [5.41, 5.74) is 0. The first-order valence-corrected chi connectivity index (χ1v) is 1.44. The molecule has 5 heteroatoms. The van der Waals surface area contributed by atoms with Crippen LogP contribution in [0.3, 0.4) is 0 Å². The summed E-state index contributed by atoms with van der Waals surface area (Å²) in [6, 6.07) is 0. The molecule has 0 aromatic rings. The van der Waals surface area contributed by atoms with Crippen LogP contribution in [0.4, 0.5) is 13.2 Å². The molecule has 0 aliphatic carbocycles. The third-order valence-electron chi connectivity index (χ3n) is 0.250. The molecule has 2 nitrogen and oxygen atoms in total. The maximum atomic E-state index is 10.8. The second kappa shape index (κ2) is 1.78. The van der Waals surface area contributed by atoms with Gasteiger partial charge in [-0.05, 0) is 0 Å². The maximum absolute atomic E-state index is 10.8. The first-order chi connectivity index (χ1) is 3.06. The van der Waals surface area contributed by atoms with Crippen LogP contribution in [0.15, 0.2) is 0 Å². The van der Waals surface area contributed by atoms with E-state index >= 15 is 0 Å². The summed E-state index contributed by atoms with van der Waals surface area (Å²) in [7, 11) is 0. The lowest BCUT2D eigenvalue weighted by Crippen LogP contribution is -2.09. The maximum Gasteiger partial charge on any atom is 0.471 e. The Morgan fingerprint density at radius 3 is 1.86 bits per heavy atom. The van der Waals surface area contributed by atoms with E-state index in [1.54, 1.807) is 0 Å². The van der Waals surface area contributed by atoms with Crippen molar-refractivity contribution in [1.29, 1.82) is 5.39 Å². The van der Waals surface area contributed by atoms with Gasteiger partial charge in [0, 0.05) is 0 Å². The molecule has 0 N–H and O–H groups in total. The van der Waals surface area contributed by atoms with E-state index in [0.29, 0.717) is 0 Å². The van der Waals surface area contributed by atoms with E-state index in [4.69, 9.17) is 5.39 Å². The van der Waals surface area contributed by atoms with Gasteiger partial charge in [0.25, 0.3) is 0 Å². The van der Waals surface area contributed by atoms with Gasteiger partial charge in [0.05, 0.1) is 0 Å². The zero-order valence-electron chi connectivity index (χ0n) is 3.24. The standard InChI is InChI=1S/C2H2F3N2/c3-2(4,5)1-7-6/h1H2/q+1. The summed E-state index contributed by atoms with van der Waals surface area (Å²) < 4.78 is 32.4. The molecule has 0 rings (SSSR count). The van der Waals surface area contributed by atoms with Crippen molar-refractivity contribution in [2.24, 2.45) is 0 Å². The van der Waals surface area contributed by atoms with Gasteiger partial charge in [-0.1, -0.05) is 0 Å². The van der Waals surface area contributed by atoms with E-state index in [9.17, 15) is 13.2 Å². The zero-order valence-corrected chi connectivity index (χ0v) is 3.24. The Bertz CT molecular complexity index is 88.1. The second-order valence-corrected chi connectivity index (χ2v) is 0.915. The molecule has 0 spiro atoms. The van der Waals surface area contributed by atoms with Crippen molar-refractivity contribution >= 4 is 0 Å². The van der Waals surface area contributed by atoms with Gasteiger partial charge in [0.1, 0.15) is 4.98 Å². The normalized spacial score (nSPS) is 10.6. The van der Waals surface area contributed by atoms with E-state index in [0.717, 1.165) is 0 Å². The van der Waals surface area contributed by atoms with E-state index in [1.807, 2.05) is 4.98 Å². The highest BCUT2D eigenvalue weighted by Crippen LogP contribution is 2.13. The summed E-state index contributed by atoms with van der Waals surface area (Å²) in [4.78, 5) is 1.88. The molecule has 0 aliphatic heterocycles. The predicted molar refractivity (Wildman–Crippen MR) is 16.0 cm³/mol. The minimum Gasteiger partial charge on any atom is -0.163 e. The van der Waals surface area contributed by atoms with Crippen LogP contribution in [0.25, 0.3) is 4.98 Å². The first-order valence-electron chi connectivity index (χ1n) is 1.44. The molecule has 0 bridgehead atoms.